The highest BCUT2D eigenvalue weighted by Crippen LogP contribution is 1.97. The van der Waals surface area contributed by atoms with Gasteiger partial charge < -0.3 is 5.73 Å². The van der Waals surface area contributed by atoms with Gasteiger partial charge in [0.1, 0.15) is 12.1 Å². The van der Waals surface area contributed by atoms with E-state index in [1.54, 1.807) is 18.2 Å². The van der Waals surface area contributed by atoms with Gasteiger partial charge in [0.25, 0.3) is 0 Å². The molecule has 0 fully saturated rings. The second-order valence-corrected chi connectivity index (χ2v) is 1.88. The highest BCUT2D eigenvalue weighted by atomic mass is 16.1. The fraction of sp³-hybridized carbons (Fsp3) is 0. The van der Waals surface area contributed by atoms with Crippen LogP contribution in [0.15, 0.2) is 18.2 Å². The monoisotopic (exact) mass is 149 g/mol. The molecule has 0 saturated heterocycles. The van der Waals surface area contributed by atoms with Crippen LogP contribution in [0.5, 0.6) is 0 Å². The van der Waals surface area contributed by atoms with Gasteiger partial charge in [-0.2, -0.15) is 0 Å². The third-order valence-corrected chi connectivity index (χ3v) is 1.05. The standard InChI is InChI=1S/C7H7N3O/c8-7-4-3-6(9-10-7)2-1-5-11/h1-5H,(H2,8,10). The van der Waals surface area contributed by atoms with E-state index in [2.05, 4.69) is 10.2 Å². The van der Waals surface area contributed by atoms with E-state index < -0.39 is 0 Å². The number of carbonyl (C=O) groups is 1. The highest BCUT2D eigenvalue weighted by Gasteiger charge is 1.87. The lowest BCUT2D eigenvalue weighted by atomic mass is 10.3. The van der Waals surface area contributed by atoms with Crippen molar-refractivity contribution in [1.82, 2.24) is 10.2 Å². The molecule has 0 unspecified atom stereocenters. The Balaban J connectivity index is 2.81. The lowest BCUT2D eigenvalue weighted by molar-refractivity contribution is -0.104. The molecule has 0 aliphatic carbocycles. The van der Waals surface area contributed by atoms with Crippen molar-refractivity contribution in [3.05, 3.63) is 23.9 Å². The Hall–Kier alpha value is -1.71. The summed E-state index contributed by atoms with van der Waals surface area (Å²) >= 11 is 0. The Morgan fingerprint density at radius 2 is 2.18 bits per heavy atom. The number of nitrogen functional groups attached to an aromatic ring is 1. The number of aldehydes is 1. The lowest BCUT2D eigenvalue weighted by Crippen LogP contribution is -1.92. The van der Waals surface area contributed by atoms with Crippen LogP contribution in [0.1, 0.15) is 5.69 Å². The molecule has 0 atom stereocenters. The second kappa shape index (κ2) is 3.46. The van der Waals surface area contributed by atoms with Crippen molar-refractivity contribution < 1.29 is 4.79 Å². The van der Waals surface area contributed by atoms with Crippen LogP contribution >= 0.6 is 0 Å². The van der Waals surface area contributed by atoms with Crippen molar-refractivity contribution in [3.8, 4) is 0 Å². The Kier molecular flexibility index (Phi) is 2.32. The molecule has 0 radical (unpaired) electrons. The molecule has 0 bridgehead atoms. The summed E-state index contributed by atoms with van der Waals surface area (Å²) < 4.78 is 0. The van der Waals surface area contributed by atoms with E-state index in [4.69, 9.17) is 5.73 Å². The number of carbonyl (C=O) groups excluding carboxylic acids is 1. The van der Waals surface area contributed by atoms with Gasteiger partial charge in [0.2, 0.25) is 0 Å². The van der Waals surface area contributed by atoms with Gasteiger partial charge in [-0.25, -0.2) is 0 Å². The molecule has 2 N–H and O–H groups in total. The van der Waals surface area contributed by atoms with E-state index in [1.165, 1.54) is 6.08 Å². The molecule has 0 aliphatic rings. The third kappa shape index (κ3) is 2.17. The quantitative estimate of drug-likeness (QED) is 0.484. The van der Waals surface area contributed by atoms with Crippen LogP contribution in [0.4, 0.5) is 5.82 Å². The van der Waals surface area contributed by atoms with Gasteiger partial charge in [-0.15, -0.1) is 10.2 Å². The molecular formula is C7H7N3O. The van der Waals surface area contributed by atoms with Gasteiger partial charge in [-0.05, 0) is 24.3 Å². The molecule has 0 amide bonds. The molecule has 1 aromatic rings. The van der Waals surface area contributed by atoms with E-state index >= 15 is 0 Å². The van der Waals surface area contributed by atoms with Gasteiger partial charge in [0.15, 0.2) is 0 Å². The van der Waals surface area contributed by atoms with E-state index in [0.717, 1.165) is 0 Å². The number of allylic oxidation sites excluding steroid dienone is 1. The lowest BCUT2D eigenvalue weighted by Gasteiger charge is -1.89. The Morgan fingerprint density at radius 1 is 1.36 bits per heavy atom. The molecule has 0 aliphatic heterocycles. The number of aromatic nitrogens is 2. The van der Waals surface area contributed by atoms with Crippen LogP contribution < -0.4 is 5.73 Å². The number of hydrogen-bond acceptors (Lipinski definition) is 4. The molecule has 0 saturated carbocycles. The predicted molar refractivity (Wildman–Crippen MR) is 41.5 cm³/mol. The maximum Gasteiger partial charge on any atom is 0.146 e. The molecule has 1 heterocycles. The molecule has 4 heteroatoms. The number of hydrogen-bond donors (Lipinski definition) is 1. The van der Waals surface area contributed by atoms with Crippen molar-refractivity contribution in [2.75, 3.05) is 5.73 Å². The van der Waals surface area contributed by atoms with Crippen LogP contribution in [-0.2, 0) is 4.79 Å². The first-order valence-electron chi connectivity index (χ1n) is 3.04. The average molecular weight is 149 g/mol. The van der Waals surface area contributed by atoms with Gasteiger partial charge in [0, 0.05) is 0 Å². The zero-order chi connectivity index (χ0) is 8.10. The van der Waals surface area contributed by atoms with Gasteiger partial charge in [-0.1, -0.05) is 0 Å². The van der Waals surface area contributed by atoms with Gasteiger partial charge >= 0.3 is 0 Å². The fourth-order valence-electron chi connectivity index (χ4n) is 0.580. The smallest absolute Gasteiger partial charge is 0.146 e. The Bertz CT molecular complexity index is 266. The Labute approximate surface area is 63.7 Å². The van der Waals surface area contributed by atoms with E-state index in [1.807, 2.05) is 0 Å². The number of nitrogens with two attached hydrogens (primary N) is 1. The summed E-state index contributed by atoms with van der Waals surface area (Å²) in [4.78, 5) is 9.89. The molecule has 56 valence electrons. The highest BCUT2D eigenvalue weighted by molar-refractivity contribution is 5.72. The maximum absolute atomic E-state index is 9.89. The summed E-state index contributed by atoms with van der Waals surface area (Å²) in [5, 5.41) is 7.29. The van der Waals surface area contributed by atoms with Crippen LogP contribution in [0.2, 0.25) is 0 Å². The minimum absolute atomic E-state index is 0.369. The summed E-state index contributed by atoms with van der Waals surface area (Å²) in [5.41, 5.74) is 5.91. The maximum atomic E-state index is 9.89. The van der Waals surface area contributed by atoms with Crippen molar-refractivity contribution in [3.63, 3.8) is 0 Å². The third-order valence-electron chi connectivity index (χ3n) is 1.05. The first-order valence-corrected chi connectivity index (χ1v) is 3.04. The van der Waals surface area contributed by atoms with Crippen LogP contribution in [0.25, 0.3) is 6.08 Å². The molecule has 0 spiro atoms. The predicted octanol–water partition coefficient (Wildman–Crippen LogP) is 0.271. The number of rotatable bonds is 2. The molecule has 4 nitrogen and oxygen atoms in total. The molecule has 1 rings (SSSR count). The normalized spacial score (nSPS) is 10.2. The Morgan fingerprint density at radius 3 is 2.73 bits per heavy atom. The van der Waals surface area contributed by atoms with Crippen LogP contribution in [-0.4, -0.2) is 16.5 Å². The van der Waals surface area contributed by atoms with Gasteiger partial charge in [0.05, 0.1) is 5.69 Å². The molecule has 0 aromatic carbocycles. The fourth-order valence-corrected chi connectivity index (χ4v) is 0.580. The average Bonchev–Trinajstić information content (AvgIpc) is 2.04. The van der Waals surface area contributed by atoms with E-state index in [9.17, 15) is 4.79 Å². The second-order valence-electron chi connectivity index (χ2n) is 1.88. The SMILES string of the molecule is Nc1ccc(C=CC=O)nn1. The molecule has 1 aromatic heterocycles. The van der Waals surface area contributed by atoms with Crippen molar-refractivity contribution >= 4 is 18.2 Å². The first kappa shape index (κ1) is 7.40. The van der Waals surface area contributed by atoms with Crippen LogP contribution in [0, 0.1) is 0 Å². The summed E-state index contributed by atoms with van der Waals surface area (Å²) in [6.45, 7) is 0. The number of anilines is 1. The summed E-state index contributed by atoms with van der Waals surface area (Å²) in [7, 11) is 0. The van der Waals surface area contributed by atoms with Crippen molar-refractivity contribution in [2.45, 2.75) is 0 Å². The summed E-state index contributed by atoms with van der Waals surface area (Å²) in [6, 6.07) is 3.31. The van der Waals surface area contributed by atoms with E-state index in [-0.39, 0.29) is 0 Å². The van der Waals surface area contributed by atoms with Crippen molar-refractivity contribution in [1.29, 1.82) is 0 Å². The summed E-state index contributed by atoms with van der Waals surface area (Å²) in [5.74, 6) is 0.369. The first-order chi connectivity index (χ1) is 5.33. The van der Waals surface area contributed by atoms with Crippen LogP contribution in [0.3, 0.4) is 0 Å². The summed E-state index contributed by atoms with van der Waals surface area (Å²) in [6.07, 6.45) is 3.58. The van der Waals surface area contributed by atoms with Gasteiger partial charge in [-0.3, -0.25) is 4.79 Å². The largest absolute Gasteiger partial charge is 0.382 e. The topological polar surface area (TPSA) is 68.9 Å². The zero-order valence-corrected chi connectivity index (χ0v) is 5.77. The van der Waals surface area contributed by atoms with Crippen molar-refractivity contribution in [2.24, 2.45) is 0 Å². The molecule has 11 heavy (non-hydrogen) atoms. The number of nitrogens with zero attached hydrogens (tertiary/aromatic N) is 2. The minimum Gasteiger partial charge on any atom is -0.382 e. The zero-order valence-electron chi connectivity index (χ0n) is 5.77. The molecular weight excluding hydrogens is 142 g/mol. The van der Waals surface area contributed by atoms with E-state index in [0.29, 0.717) is 17.8 Å². The minimum atomic E-state index is 0.369.